The van der Waals surface area contributed by atoms with Crippen molar-refractivity contribution in [3.63, 3.8) is 0 Å². The van der Waals surface area contributed by atoms with Crippen LogP contribution in [0.5, 0.6) is 0 Å². The second-order valence-electron chi connectivity index (χ2n) is 16.0. The molecule has 3 aliphatic carbocycles. The average molecular weight is 826 g/mol. The van der Waals surface area contributed by atoms with Crippen molar-refractivity contribution in [1.82, 2.24) is 15.7 Å². The monoisotopic (exact) mass is 825 g/mol. The maximum absolute atomic E-state index is 14.8. The Morgan fingerprint density at radius 2 is 1.75 bits per heavy atom. The lowest BCUT2D eigenvalue weighted by Crippen LogP contribution is -2.71. The molecule has 6 aliphatic rings. The Morgan fingerprint density at radius 3 is 2.35 bits per heavy atom. The maximum atomic E-state index is 14.8. The number of benzene rings is 1. The van der Waals surface area contributed by atoms with Gasteiger partial charge >= 0.3 is 11.9 Å². The molecule has 3 heterocycles. The number of nitrogens with zero attached hydrogens (tertiary/aromatic N) is 1. The quantitative estimate of drug-likeness (QED) is 0.168. The Morgan fingerprint density at radius 1 is 1.08 bits per heavy atom. The molecule has 0 radical (unpaired) electrons. The zero-order valence-electron chi connectivity index (χ0n) is 29.3. The number of fused-ring (bicyclic) bond motifs is 4. The Kier molecular flexibility index (Phi) is 9.98. The molecular formula is C36H48IN3O11. The van der Waals surface area contributed by atoms with Crippen molar-refractivity contribution >= 4 is 46.3 Å². The van der Waals surface area contributed by atoms with Gasteiger partial charge in [-0.3, -0.25) is 24.0 Å². The van der Waals surface area contributed by atoms with Crippen molar-refractivity contribution in [2.75, 3.05) is 6.61 Å². The second kappa shape index (κ2) is 13.8. The summed E-state index contributed by atoms with van der Waals surface area (Å²) in [5, 5.41) is 27.8. The molecule has 1 aromatic rings. The third-order valence-electron chi connectivity index (χ3n) is 10.9. The normalized spacial score (nSPS) is 32.7. The van der Waals surface area contributed by atoms with E-state index in [-0.39, 0.29) is 37.6 Å². The summed E-state index contributed by atoms with van der Waals surface area (Å²) in [5.41, 5.74) is -1.35. The first-order valence-electron chi connectivity index (χ1n) is 18.0. The Bertz CT molecular complexity index is 1530. The van der Waals surface area contributed by atoms with E-state index in [2.05, 4.69) is 33.2 Å². The van der Waals surface area contributed by atoms with Crippen LogP contribution in [0.15, 0.2) is 24.3 Å². The summed E-state index contributed by atoms with van der Waals surface area (Å²) < 4.78 is 26.0. The van der Waals surface area contributed by atoms with Crippen LogP contribution in [-0.4, -0.2) is 106 Å². The van der Waals surface area contributed by atoms with E-state index >= 15 is 0 Å². The lowest BCUT2D eigenvalue weighted by Gasteiger charge is -2.49. The number of aliphatic hydroxyl groups is 2. The smallest absolute Gasteiger partial charge is 0.327 e. The number of hydroxylamine groups is 2. The fourth-order valence-corrected chi connectivity index (χ4v) is 8.88. The van der Waals surface area contributed by atoms with E-state index in [0.29, 0.717) is 0 Å². The topological polar surface area (TPSA) is 182 Å². The molecule has 15 heteroatoms. The van der Waals surface area contributed by atoms with Gasteiger partial charge in [0.1, 0.15) is 41.5 Å². The summed E-state index contributed by atoms with van der Waals surface area (Å²) in [7, 11) is 0. The molecule has 4 N–H and O–H groups in total. The minimum Gasteiger partial charge on any atom is -0.460 e. The third kappa shape index (κ3) is 6.92. The van der Waals surface area contributed by atoms with Crippen molar-refractivity contribution in [3.8, 4) is 0 Å². The summed E-state index contributed by atoms with van der Waals surface area (Å²) in [6.07, 6.45) is -0.498. The van der Waals surface area contributed by atoms with Crippen molar-refractivity contribution in [2.45, 2.75) is 139 Å². The first-order valence-corrected chi connectivity index (χ1v) is 19.1. The summed E-state index contributed by atoms with van der Waals surface area (Å²) in [5.74, 6) is -2.92. The number of hydrogen-bond donors (Lipinski definition) is 4. The molecule has 6 fully saturated rings. The average Bonchev–Trinajstić information content (AvgIpc) is 4.01. The first-order chi connectivity index (χ1) is 24.2. The highest BCUT2D eigenvalue weighted by Crippen LogP contribution is 2.63. The van der Waals surface area contributed by atoms with Crippen LogP contribution < -0.4 is 10.6 Å². The lowest BCUT2D eigenvalue weighted by molar-refractivity contribution is -0.235. The predicted molar refractivity (Wildman–Crippen MR) is 186 cm³/mol. The highest BCUT2D eigenvalue weighted by atomic mass is 127. The molecule has 0 spiro atoms. The Labute approximate surface area is 310 Å². The predicted octanol–water partition coefficient (Wildman–Crippen LogP) is 1.86. The van der Waals surface area contributed by atoms with Crippen LogP contribution >= 0.6 is 22.6 Å². The standard InChI is InChI=1S/C36H48IN3O11/c1-18(42)26(31(44)38-22(17-41)13-14-25(43)48-34(2,3)4)39-33(46)35-15-24-27-28(50-36(49-27,20-9-10-20)21-11-12-21)30(35)51-40(29(35)32(45)47-24)16-19-7-5-6-8-23(19)37/h5-8,18,20-22,24,26-30,41-42H,9-17H2,1-4H3,(H,38,44)(H,39,46). The number of nitrogens with one attached hydrogen (secondary N) is 2. The van der Waals surface area contributed by atoms with Gasteiger partial charge in [-0.25, -0.2) is 0 Å². The Hall–Kier alpha value is -2.41. The summed E-state index contributed by atoms with van der Waals surface area (Å²) in [6.45, 7) is 6.30. The second-order valence-corrected chi connectivity index (χ2v) is 17.1. The van der Waals surface area contributed by atoms with Gasteiger partial charge in [-0.05, 0) is 94.0 Å². The largest absolute Gasteiger partial charge is 0.460 e. The van der Waals surface area contributed by atoms with Crippen molar-refractivity contribution in [1.29, 1.82) is 0 Å². The van der Waals surface area contributed by atoms with Crippen molar-refractivity contribution in [3.05, 3.63) is 33.4 Å². The van der Waals surface area contributed by atoms with Crippen molar-refractivity contribution in [2.24, 2.45) is 17.3 Å². The van der Waals surface area contributed by atoms with Gasteiger partial charge in [-0.2, -0.15) is 5.06 Å². The van der Waals surface area contributed by atoms with E-state index in [0.717, 1.165) is 34.8 Å². The third-order valence-corrected chi connectivity index (χ3v) is 12.0. The molecule has 280 valence electrons. The van der Waals surface area contributed by atoms with E-state index in [1.807, 2.05) is 24.3 Å². The van der Waals surface area contributed by atoms with Crippen LogP contribution in [0.1, 0.15) is 78.2 Å². The lowest BCUT2D eigenvalue weighted by atomic mass is 9.62. The highest BCUT2D eigenvalue weighted by Gasteiger charge is 2.78. The fraction of sp³-hybridized carbons (Fsp3) is 0.722. The van der Waals surface area contributed by atoms with E-state index in [4.69, 9.17) is 23.8 Å². The molecular weight excluding hydrogens is 777 g/mol. The van der Waals surface area contributed by atoms with E-state index in [9.17, 15) is 29.4 Å². The highest BCUT2D eigenvalue weighted by molar-refractivity contribution is 14.1. The number of halogens is 1. The van der Waals surface area contributed by atoms with Crippen LogP contribution in [0.3, 0.4) is 0 Å². The zero-order valence-corrected chi connectivity index (χ0v) is 31.5. The summed E-state index contributed by atoms with van der Waals surface area (Å²) >= 11 is 2.22. The first kappa shape index (κ1) is 36.9. The van der Waals surface area contributed by atoms with Crippen LogP contribution in [0.25, 0.3) is 0 Å². The maximum Gasteiger partial charge on any atom is 0.327 e. The number of amides is 2. The molecule has 9 atom stereocenters. The molecule has 14 nitrogen and oxygen atoms in total. The van der Waals surface area contributed by atoms with Crippen LogP contribution in [0.2, 0.25) is 0 Å². The molecule has 7 rings (SSSR count). The van der Waals surface area contributed by atoms with E-state index < -0.39 is 95.8 Å². The van der Waals surface area contributed by atoms with Gasteiger partial charge in [-0.1, -0.05) is 18.2 Å². The van der Waals surface area contributed by atoms with Crippen LogP contribution in [0, 0.1) is 20.8 Å². The van der Waals surface area contributed by atoms with E-state index in [1.54, 1.807) is 20.8 Å². The molecule has 2 amide bonds. The zero-order chi connectivity index (χ0) is 36.5. The number of carbonyl (C=O) groups excluding carboxylic acids is 4. The number of esters is 2. The number of aliphatic hydroxyl groups excluding tert-OH is 2. The molecule has 3 aliphatic heterocycles. The van der Waals surface area contributed by atoms with E-state index in [1.165, 1.54) is 12.0 Å². The summed E-state index contributed by atoms with van der Waals surface area (Å²) in [6, 6.07) is 4.18. The van der Waals surface area contributed by atoms with Gasteiger partial charge in [0.15, 0.2) is 11.8 Å². The molecule has 9 unspecified atom stereocenters. The van der Waals surface area contributed by atoms with Crippen LogP contribution in [0.4, 0.5) is 0 Å². The van der Waals surface area contributed by atoms with Gasteiger partial charge in [0.05, 0.1) is 25.3 Å². The molecule has 3 saturated heterocycles. The summed E-state index contributed by atoms with van der Waals surface area (Å²) in [4.78, 5) is 61.5. The number of carbonyl (C=O) groups is 4. The molecule has 2 bridgehead atoms. The molecule has 51 heavy (non-hydrogen) atoms. The van der Waals surface area contributed by atoms with Crippen molar-refractivity contribution < 1.29 is 53.2 Å². The molecule has 0 aromatic heterocycles. The number of ether oxygens (including phenoxy) is 4. The van der Waals surface area contributed by atoms with Gasteiger partial charge in [0, 0.05) is 28.2 Å². The minimum atomic E-state index is -1.55. The van der Waals surface area contributed by atoms with Gasteiger partial charge in [-0.15, -0.1) is 0 Å². The number of rotatable bonds is 13. The molecule has 1 aromatic carbocycles. The Balaban J connectivity index is 1.16. The van der Waals surface area contributed by atoms with Crippen LogP contribution in [-0.2, 0) is 49.5 Å². The van der Waals surface area contributed by atoms with Gasteiger partial charge in [0.2, 0.25) is 11.8 Å². The molecule has 3 saturated carbocycles. The fourth-order valence-electron chi connectivity index (χ4n) is 8.33. The SMILES string of the molecule is CC(O)C(NC(=O)C12CC3OC(=O)C1N(Cc1ccccc1I)OC2C1OC(C2CC2)(C2CC2)OC31)C(=O)NC(CO)CCC(=O)OC(C)(C)C. The van der Waals surface area contributed by atoms with Gasteiger partial charge < -0.3 is 39.8 Å². The van der Waals surface area contributed by atoms with Gasteiger partial charge in [0.25, 0.3) is 0 Å². The minimum absolute atomic E-state index is 0.0637. The number of hydrogen-bond acceptors (Lipinski definition) is 12.